The molecule has 0 saturated heterocycles. The van der Waals surface area contributed by atoms with Crippen LogP contribution >= 0.6 is 11.6 Å². The molecule has 2 aromatic carbocycles. The van der Waals surface area contributed by atoms with E-state index in [0.717, 1.165) is 5.69 Å². The zero-order valence-electron chi connectivity index (χ0n) is 9.32. The Morgan fingerprint density at radius 3 is 2.41 bits per heavy atom. The molecular formula is C13H12ClFN2. The molecule has 2 rings (SSSR count). The Morgan fingerprint density at radius 1 is 1.12 bits per heavy atom. The van der Waals surface area contributed by atoms with E-state index in [-0.39, 0.29) is 5.82 Å². The summed E-state index contributed by atoms with van der Waals surface area (Å²) in [6.45, 7) is 0. The van der Waals surface area contributed by atoms with E-state index in [2.05, 4.69) is 0 Å². The highest BCUT2D eigenvalue weighted by Gasteiger charge is 2.09. The molecular weight excluding hydrogens is 239 g/mol. The van der Waals surface area contributed by atoms with Crippen molar-refractivity contribution in [2.75, 3.05) is 17.7 Å². The van der Waals surface area contributed by atoms with Crippen LogP contribution in [0.4, 0.5) is 21.5 Å². The molecule has 17 heavy (non-hydrogen) atoms. The van der Waals surface area contributed by atoms with Crippen LogP contribution in [0, 0.1) is 5.82 Å². The molecule has 88 valence electrons. The van der Waals surface area contributed by atoms with Gasteiger partial charge in [0.1, 0.15) is 5.82 Å². The molecule has 0 aliphatic heterocycles. The molecule has 0 aromatic heterocycles. The van der Waals surface area contributed by atoms with Gasteiger partial charge in [0.05, 0.1) is 5.69 Å². The summed E-state index contributed by atoms with van der Waals surface area (Å²) in [5.74, 6) is -0.311. The van der Waals surface area contributed by atoms with Crippen molar-refractivity contribution < 1.29 is 4.39 Å². The molecule has 2 N–H and O–H groups in total. The average molecular weight is 251 g/mol. The predicted octanol–water partition coefficient (Wildman–Crippen LogP) is 3.83. The van der Waals surface area contributed by atoms with Crippen LogP contribution in [0.5, 0.6) is 0 Å². The van der Waals surface area contributed by atoms with Gasteiger partial charge in [0.15, 0.2) is 0 Å². The minimum Gasteiger partial charge on any atom is -0.399 e. The molecule has 4 heteroatoms. The van der Waals surface area contributed by atoms with Crippen LogP contribution in [0.3, 0.4) is 0 Å². The molecule has 0 aliphatic carbocycles. The van der Waals surface area contributed by atoms with Gasteiger partial charge in [0.2, 0.25) is 0 Å². The topological polar surface area (TPSA) is 29.3 Å². The van der Waals surface area contributed by atoms with Gasteiger partial charge < -0.3 is 10.6 Å². The first-order valence-corrected chi connectivity index (χ1v) is 5.50. The monoisotopic (exact) mass is 250 g/mol. The molecule has 0 spiro atoms. The van der Waals surface area contributed by atoms with E-state index in [0.29, 0.717) is 16.4 Å². The number of rotatable bonds is 2. The molecule has 0 amide bonds. The van der Waals surface area contributed by atoms with E-state index < -0.39 is 0 Å². The number of halogens is 2. The van der Waals surface area contributed by atoms with Crippen molar-refractivity contribution in [3.05, 3.63) is 53.3 Å². The largest absolute Gasteiger partial charge is 0.399 e. The Labute approximate surface area is 104 Å². The van der Waals surface area contributed by atoms with Gasteiger partial charge in [0.25, 0.3) is 0 Å². The minimum atomic E-state index is -0.311. The Kier molecular flexibility index (Phi) is 3.20. The van der Waals surface area contributed by atoms with E-state index in [1.165, 1.54) is 12.1 Å². The lowest BCUT2D eigenvalue weighted by molar-refractivity contribution is 0.627. The van der Waals surface area contributed by atoms with Gasteiger partial charge in [-0.15, -0.1) is 0 Å². The van der Waals surface area contributed by atoms with Crippen LogP contribution < -0.4 is 10.6 Å². The lowest BCUT2D eigenvalue weighted by Gasteiger charge is -2.20. The van der Waals surface area contributed by atoms with Crippen LogP contribution in [0.2, 0.25) is 5.02 Å². The fourth-order valence-electron chi connectivity index (χ4n) is 1.58. The maximum atomic E-state index is 13.7. The maximum Gasteiger partial charge on any atom is 0.146 e. The number of hydrogen-bond acceptors (Lipinski definition) is 2. The highest BCUT2D eigenvalue weighted by Crippen LogP contribution is 2.29. The SMILES string of the molecule is CN(c1ccc(N)cc1)c1cc(Cl)ccc1F. The van der Waals surface area contributed by atoms with Crippen molar-refractivity contribution in [3.8, 4) is 0 Å². The number of anilines is 3. The van der Waals surface area contributed by atoms with Gasteiger partial charge in [-0.2, -0.15) is 0 Å². The van der Waals surface area contributed by atoms with Crippen molar-refractivity contribution >= 4 is 28.7 Å². The Balaban J connectivity index is 2.39. The third-order valence-corrected chi connectivity index (χ3v) is 2.79. The number of nitrogens with two attached hydrogens (primary N) is 1. The second kappa shape index (κ2) is 4.63. The van der Waals surface area contributed by atoms with Crippen molar-refractivity contribution in [3.63, 3.8) is 0 Å². The molecule has 2 nitrogen and oxygen atoms in total. The Bertz CT molecular complexity index is 525. The first kappa shape index (κ1) is 11.7. The number of nitrogen functional groups attached to an aromatic ring is 1. The highest BCUT2D eigenvalue weighted by molar-refractivity contribution is 6.30. The molecule has 0 saturated carbocycles. The predicted molar refractivity (Wildman–Crippen MR) is 70.3 cm³/mol. The summed E-state index contributed by atoms with van der Waals surface area (Å²) in [5.41, 5.74) is 7.56. The Morgan fingerprint density at radius 2 is 1.76 bits per heavy atom. The number of benzene rings is 2. The van der Waals surface area contributed by atoms with E-state index in [4.69, 9.17) is 17.3 Å². The normalized spacial score (nSPS) is 10.3. The summed E-state index contributed by atoms with van der Waals surface area (Å²) in [5, 5.41) is 0.503. The molecule has 2 aromatic rings. The smallest absolute Gasteiger partial charge is 0.146 e. The van der Waals surface area contributed by atoms with Crippen molar-refractivity contribution in [2.45, 2.75) is 0 Å². The first-order valence-electron chi connectivity index (χ1n) is 5.12. The number of nitrogens with zero attached hydrogens (tertiary/aromatic N) is 1. The molecule has 0 atom stereocenters. The van der Waals surface area contributed by atoms with Gasteiger partial charge in [0, 0.05) is 23.4 Å². The standard InChI is InChI=1S/C13H12ClFN2/c1-17(11-5-3-10(16)4-6-11)13-8-9(14)2-7-12(13)15/h2-8H,16H2,1H3. The van der Waals surface area contributed by atoms with Crippen LogP contribution in [0.25, 0.3) is 0 Å². The quantitative estimate of drug-likeness (QED) is 0.821. The molecule has 0 fully saturated rings. The molecule has 0 bridgehead atoms. The van der Waals surface area contributed by atoms with Crippen LogP contribution in [0.15, 0.2) is 42.5 Å². The second-order valence-corrected chi connectivity index (χ2v) is 4.18. The van der Waals surface area contributed by atoms with Crippen molar-refractivity contribution in [2.24, 2.45) is 0 Å². The van der Waals surface area contributed by atoms with E-state index in [9.17, 15) is 4.39 Å². The summed E-state index contributed by atoms with van der Waals surface area (Å²) in [7, 11) is 1.78. The summed E-state index contributed by atoms with van der Waals surface area (Å²) < 4.78 is 13.7. The van der Waals surface area contributed by atoms with Gasteiger partial charge in [-0.05, 0) is 42.5 Å². The summed E-state index contributed by atoms with van der Waals surface area (Å²) >= 11 is 5.86. The fourth-order valence-corrected chi connectivity index (χ4v) is 1.75. The average Bonchev–Trinajstić information content (AvgIpc) is 2.32. The summed E-state index contributed by atoms with van der Waals surface area (Å²) in [6.07, 6.45) is 0. The van der Waals surface area contributed by atoms with Crippen LogP contribution in [-0.4, -0.2) is 7.05 Å². The summed E-state index contributed by atoms with van der Waals surface area (Å²) in [6, 6.07) is 11.7. The van der Waals surface area contributed by atoms with Gasteiger partial charge in [-0.1, -0.05) is 11.6 Å². The Hall–Kier alpha value is -1.74. The zero-order valence-corrected chi connectivity index (χ0v) is 10.1. The third-order valence-electron chi connectivity index (χ3n) is 2.55. The second-order valence-electron chi connectivity index (χ2n) is 3.75. The first-order chi connectivity index (χ1) is 8.08. The lowest BCUT2D eigenvalue weighted by atomic mass is 10.2. The fraction of sp³-hybridized carbons (Fsp3) is 0.0769. The zero-order chi connectivity index (χ0) is 12.4. The maximum absolute atomic E-state index is 13.7. The lowest BCUT2D eigenvalue weighted by Crippen LogP contribution is -2.11. The van der Waals surface area contributed by atoms with Gasteiger partial charge >= 0.3 is 0 Å². The van der Waals surface area contributed by atoms with Gasteiger partial charge in [-0.25, -0.2) is 4.39 Å². The molecule has 0 unspecified atom stereocenters. The third kappa shape index (κ3) is 2.50. The van der Waals surface area contributed by atoms with Gasteiger partial charge in [-0.3, -0.25) is 0 Å². The van der Waals surface area contributed by atoms with E-state index in [1.54, 1.807) is 30.1 Å². The van der Waals surface area contributed by atoms with Crippen LogP contribution in [0.1, 0.15) is 0 Å². The minimum absolute atomic E-state index is 0.311. The molecule has 0 heterocycles. The van der Waals surface area contributed by atoms with E-state index >= 15 is 0 Å². The van der Waals surface area contributed by atoms with E-state index in [1.807, 2.05) is 12.1 Å². The van der Waals surface area contributed by atoms with Crippen LogP contribution in [-0.2, 0) is 0 Å². The van der Waals surface area contributed by atoms with Crippen molar-refractivity contribution in [1.82, 2.24) is 0 Å². The molecule has 0 radical (unpaired) electrons. The van der Waals surface area contributed by atoms with Crippen molar-refractivity contribution in [1.29, 1.82) is 0 Å². The highest BCUT2D eigenvalue weighted by atomic mass is 35.5. The summed E-state index contributed by atoms with van der Waals surface area (Å²) in [4.78, 5) is 1.72. The molecule has 0 aliphatic rings. The number of hydrogen-bond donors (Lipinski definition) is 1.